The van der Waals surface area contributed by atoms with Gasteiger partial charge in [0.1, 0.15) is 11.5 Å². The number of aryl methyl sites for hydroxylation is 1. The first kappa shape index (κ1) is 24.3. The number of carbonyl (C=O) groups is 1. The molecule has 2 N–H and O–H groups in total. The molecule has 10 heteroatoms. The molecule has 9 nitrogen and oxygen atoms in total. The molecule has 182 valence electrons. The first-order chi connectivity index (χ1) is 16.5. The summed E-state index contributed by atoms with van der Waals surface area (Å²) in [7, 11) is 1.62. The SMILES string of the molecule is COCCCn1c(=S)[nH]c2cc(C(=O)NCC(c3ccc(C)o3)N3CCOCC3)ccc2c1=O. The van der Waals surface area contributed by atoms with Crippen molar-refractivity contribution < 1.29 is 18.7 Å². The Hall–Kier alpha value is -2.79. The molecule has 0 bridgehead atoms. The number of aromatic amines is 1. The smallest absolute Gasteiger partial charge is 0.262 e. The maximum atomic E-state index is 13.0. The molecule has 0 saturated carbocycles. The van der Waals surface area contributed by atoms with Crippen molar-refractivity contribution in [2.24, 2.45) is 0 Å². The molecule has 3 heterocycles. The lowest BCUT2D eigenvalue weighted by molar-refractivity contribution is 0.0117. The summed E-state index contributed by atoms with van der Waals surface area (Å²) in [6, 6.07) is 8.79. The van der Waals surface area contributed by atoms with Crippen LogP contribution in [0, 0.1) is 11.7 Å². The summed E-state index contributed by atoms with van der Waals surface area (Å²) < 4.78 is 18.3. The maximum absolute atomic E-state index is 13.0. The monoisotopic (exact) mass is 486 g/mol. The Morgan fingerprint density at radius 2 is 2.06 bits per heavy atom. The van der Waals surface area contributed by atoms with Gasteiger partial charge in [0.05, 0.1) is 30.2 Å². The van der Waals surface area contributed by atoms with Crippen LogP contribution in [-0.2, 0) is 16.0 Å². The summed E-state index contributed by atoms with van der Waals surface area (Å²) >= 11 is 5.38. The van der Waals surface area contributed by atoms with Crippen molar-refractivity contribution in [3.8, 4) is 0 Å². The van der Waals surface area contributed by atoms with E-state index in [0.29, 0.717) is 60.6 Å². The molecule has 1 saturated heterocycles. The highest BCUT2D eigenvalue weighted by molar-refractivity contribution is 7.71. The van der Waals surface area contributed by atoms with Crippen LogP contribution < -0.4 is 10.9 Å². The minimum absolute atomic E-state index is 0.0906. The fourth-order valence-electron chi connectivity index (χ4n) is 4.19. The van der Waals surface area contributed by atoms with E-state index in [1.54, 1.807) is 25.3 Å². The Labute approximate surface area is 202 Å². The average Bonchev–Trinajstić information content (AvgIpc) is 3.27. The third-order valence-corrected chi connectivity index (χ3v) is 6.33. The zero-order chi connectivity index (χ0) is 24.1. The summed E-state index contributed by atoms with van der Waals surface area (Å²) in [5, 5.41) is 3.51. The molecule has 1 atom stereocenters. The summed E-state index contributed by atoms with van der Waals surface area (Å²) in [6.45, 7) is 6.14. The lowest BCUT2D eigenvalue weighted by atomic mass is 10.1. The van der Waals surface area contributed by atoms with E-state index in [-0.39, 0.29) is 17.5 Å². The zero-order valence-corrected chi connectivity index (χ0v) is 20.3. The molecule has 3 aromatic rings. The van der Waals surface area contributed by atoms with Crippen LogP contribution >= 0.6 is 12.2 Å². The topological polar surface area (TPSA) is 102 Å². The minimum atomic E-state index is -0.230. The Bertz CT molecular complexity index is 1260. The van der Waals surface area contributed by atoms with Gasteiger partial charge in [0.15, 0.2) is 4.77 Å². The van der Waals surface area contributed by atoms with Crippen LogP contribution in [0.3, 0.4) is 0 Å². The Balaban J connectivity index is 1.52. The van der Waals surface area contributed by atoms with E-state index in [4.69, 9.17) is 26.1 Å². The van der Waals surface area contributed by atoms with Gasteiger partial charge in [-0.15, -0.1) is 0 Å². The number of nitrogens with zero attached hydrogens (tertiary/aromatic N) is 2. The molecule has 0 radical (unpaired) electrons. The number of nitrogens with one attached hydrogen (secondary N) is 2. The quantitative estimate of drug-likeness (QED) is 0.354. The molecule has 1 amide bonds. The van der Waals surface area contributed by atoms with E-state index in [1.807, 2.05) is 19.1 Å². The normalized spacial score (nSPS) is 15.5. The first-order valence-corrected chi connectivity index (χ1v) is 11.8. The number of fused-ring (bicyclic) bond motifs is 1. The molecule has 1 fully saturated rings. The number of methoxy groups -OCH3 is 1. The van der Waals surface area contributed by atoms with E-state index >= 15 is 0 Å². The molecule has 1 aromatic carbocycles. The number of amides is 1. The largest absolute Gasteiger partial charge is 0.465 e. The molecule has 4 rings (SSSR count). The van der Waals surface area contributed by atoms with Crippen LogP contribution in [0.2, 0.25) is 0 Å². The van der Waals surface area contributed by atoms with Gasteiger partial charge in [-0.25, -0.2) is 0 Å². The fraction of sp³-hybridized carbons (Fsp3) is 0.458. The highest BCUT2D eigenvalue weighted by Crippen LogP contribution is 2.23. The fourth-order valence-corrected chi connectivity index (χ4v) is 4.47. The van der Waals surface area contributed by atoms with Crippen molar-refractivity contribution >= 4 is 29.0 Å². The molecular formula is C24H30N4O5S. The summed E-state index contributed by atoms with van der Waals surface area (Å²) in [5.41, 5.74) is 0.811. The van der Waals surface area contributed by atoms with E-state index in [0.717, 1.165) is 24.6 Å². The van der Waals surface area contributed by atoms with Crippen molar-refractivity contribution in [1.29, 1.82) is 0 Å². The Kier molecular flexibility index (Phi) is 7.94. The van der Waals surface area contributed by atoms with Crippen molar-refractivity contribution in [2.75, 3.05) is 46.6 Å². The second-order valence-corrected chi connectivity index (χ2v) is 8.70. The van der Waals surface area contributed by atoms with Crippen molar-refractivity contribution in [3.05, 3.63) is 62.5 Å². The van der Waals surface area contributed by atoms with Gasteiger partial charge in [0.25, 0.3) is 11.5 Å². The Morgan fingerprint density at radius 1 is 1.26 bits per heavy atom. The van der Waals surface area contributed by atoms with E-state index in [2.05, 4.69) is 15.2 Å². The molecule has 34 heavy (non-hydrogen) atoms. The second kappa shape index (κ2) is 11.1. The first-order valence-electron chi connectivity index (χ1n) is 11.4. The van der Waals surface area contributed by atoms with Gasteiger partial charge in [0, 0.05) is 45.5 Å². The van der Waals surface area contributed by atoms with Crippen LogP contribution in [0.1, 0.15) is 34.3 Å². The van der Waals surface area contributed by atoms with Crippen LogP contribution in [-0.4, -0.2) is 66.9 Å². The van der Waals surface area contributed by atoms with Crippen molar-refractivity contribution in [1.82, 2.24) is 19.8 Å². The molecule has 0 spiro atoms. The summed E-state index contributed by atoms with van der Waals surface area (Å²) in [4.78, 5) is 31.2. The number of benzene rings is 1. The second-order valence-electron chi connectivity index (χ2n) is 8.32. The third-order valence-electron chi connectivity index (χ3n) is 6.01. The van der Waals surface area contributed by atoms with Gasteiger partial charge in [-0.3, -0.25) is 19.1 Å². The number of carbonyl (C=O) groups excluding carboxylic acids is 1. The lowest BCUT2D eigenvalue weighted by Gasteiger charge is -2.33. The van der Waals surface area contributed by atoms with E-state index in [1.165, 1.54) is 4.57 Å². The van der Waals surface area contributed by atoms with Crippen molar-refractivity contribution in [3.63, 3.8) is 0 Å². The maximum Gasteiger partial charge on any atom is 0.262 e. The number of H-pyrrole nitrogens is 1. The van der Waals surface area contributed by atoms with Crippen LogP contribution in [0.5, 0.6) is 0 Å². The number of ether oxygens (including phenoxy) is 2. The molecule has 1 aliphatic heterocycles. The van der Waals surface area contributed by atoms with E-state index < -0.39 is 0 Å². The molecule has 2 aromatic heterocycles. The summed E-state index contributed by atoms with van der Waals surface area (Å²) in [5.74, 6) is 1.42. The van der Waals surface area contributed by atoms with Gasteiger partial charge >= 0.3 is 0 Å². The predicted molar refractivity (Wildman–Crippen MR) is 131 cm³/mol. The highest BCUT2D eigenvalue weighted by atomic mass is 32.1. The van der Waals surface area contributed by atoms with E-state index in [9.17, 15) is 9.59 Å². The molecule has 1 unspecified atom stereocenters. The molecular weight excluding hydrogens is 456 g/mol. The standard InChI is InChI=1S/C24H30N4O5S/c1-16-4-7-21(33-16)20(27-9-12-32-13-10-27)15-25-22(29)17-5-6-18-19(14-17)26-24(34)28(23(18)30)8-3-11-31-2/h4-7,14,20H,3,8-13,15H2,1-2H3,(H,25,29)(H,26,34). The number of hydrogen-bond donors (Lipinski definition) is 2. The molecule has 0 aliphatic carbocycles. The highest BCUT2D eigenvalue weighted by Gasteiger charge is 2.26. The average molecular weight is 487 g/mol. The number of hydrogen-bond acceptors (Lipinski definition) is 7. The van der Waals surface area contributed by atoms with Crippen molar-refractivity contribution in [2.45, 2.75) is 25.9 Å². The summed E-state index contributed by atoms with van der Waals surface area (Å²) in [6.07, 6.45) is 0.680. The Morgan fingerprint density at radius 3 is 2.76 bits per heavy atom. The van der Waals surface area contributed by atoms with Gasteiger partial charge in [-0.05, 0) is 55.9 Å². The number of morpholine rings is 1. The lowest BCUT2D eigenvalue weighted by Crippen LogP contribution is -2.43. The van der Waals surface area contributed by atoms with Gasteiger partial charge in [0.2, 0.25) is 0 Å². The third kappa shape index (κ3) is 5.47. The predicted octanol–water partition coefficient (Wildman–Crippen LogP) is 2.80. The number of rotatable bonds is 9. The molecule has 1 aliphatic rings. The van der Waals surface area contributed by atoms with Gasteiger partial charge < -0.3 is 24.2 Å². The number of furan rings is 1. The van der Waals surface area contributed by atoms with Gasteiger partial charge in [-0.1, -0.05) is 0 Å². The van der Waals surface area contributed by atoms with Gasteiger partial charge in [-0.2, -0.15) is 0 Å². The number of aromatic nitrogens is 2. The van der Waals surface area contributed by atoms with Crippen LogP contribution in [0.15, 0.2) is 39.5 Å². The minimum Gasteiger partial charge on any atom is -0.465 e. The van der Waals surface area contributed by atoms with Crippen LogP contribution in [0.4, 0.5) is 0 Å². The van der Waals surface area contributed by atoms with Crippen LogP contribution in [0.25, 0.3) is 10.9 Å². The zero-order valence-electron chi connectivity index (χ0n) is 19.5.